The molecule has 0 saturated heterocycles. The van der Waals surface area contributed by atoms with Crippen LogP contribution in [0.2, 0.25) is 0 Å². The molecule has 4 heteroatoms. The molecule has 21 heavy (non-hydrogen) atoms. The Morgan fingerprint density at radius 3 is 2.43 bits per heavy atom. The zero-order valence-electron chi connectivity index (χ0n) is 12.6. The Bertz CT molecular complexity index is 568. The van der Waals surface area contributed by atoms with Gasteiger partial charge in [0.05, 0.1) is 5.69 Å². The molecule has 0 N–H and O–H groups in total. The molecule has 1 rings (SSSR count). The molecule has 0 bridgehead atoms. The summed E-state index contributed by atoms with van der Waals surface area (Å²) in [5.74, 6) is 0.464. The number of carbonyl (C=O) groups excluding carboxylic acids is 1. The fourth-order valence-corrected chi connectivity index (χ4v) is 1.96. The molecule has 1 aromatic heterocycles. The molecule has 0 unspecified atom stereocenters. The maximum absolute atomic E-state index is 11.5. The van der Waals surface area contributed by atoms with Crippen LogP contribution in [0.15, 0.2) is 50.1 Å². The molecule has 0 fully saturated rings. The van der Waals surface area contributed by atoms with E-state index in [1.165, 1.54) is 0 Å². The van der Waals surface area contributed by atoms with E-state index in [0.717, 1.165) is 17.2 Å². The Morgan fingerprint density at radius 2 is 1.90 bits per heavy atom. The van der Waals surface area contributed by atoms with Gasteiger partial charge in [-0.25, -0.2) is 9.78 Å². The molecule has 0 amide bonds. The third-order valence-corrected chi connectivity index (χ3v) is 2.90. The Hall–Kier alpha value is -2.36. The van der Waals surface area contributed by atoms with Crippen molar-refractivity contribution in [2.45, 2.75) is 32.9 Å². The third-order valence-electron chi connectivity index (χ3n) is 2.90. The summed E-state index contributed by atoms with van der Waals surface area (Å²) in [5.41, 5.74) is 2.09. The van der Waals surface area contributed by atoms with Crippen molar-refractivity contribution in [3.8, 4) is 0 Å². The van der Waals surface area contributed by atoms with E-state index in [1.807, 2.05) is 6.08 Å². The first kappa shape index (κ1) is 16.7. The number of rotatable bonds is 9. The first-order valence-corrected chi connectivity index (χ1v) is 6.77. The number of hydrogen-bond acceptors (Lipinski definition) is 3. The average Bonchev–Trinajstić information content (AvgIpc) is 2.76. The predicted molar refractivity (Wildman–Crippen MR) is 84.8 cm³/mol. The Labute approximate surface area is 126 Å². The number of ether oxygens (including phenoxy) is 1. The van der Waals surface area contributed by atoms with E-state index in [2.05, 4.69) is 35.9 Å². The lowest BCUT2D eigenvalue weighted by molar-refractivity contribution is -0.140. The summed E-state index contributed by atoms with van der Waals surface area (Å²) in [6, 6.07) is 0. The van der Waals surface area contributed by atoms with Crippen LogP contribution in [0.3, 0.4) is 0 Å². The minimum absolute atomic E-state index is 0.128. The fraction of sp³-hybridized carbons (Fsp3) is 0.294. The third kappa shape index (κ3) is 4.31. The van der Waals surface area contributed by atoms with Gasteiger partial charge in [0.15, 0.2) is 0 Å². The van der Waals surface area contributed by atoms with Gasteiger partial charge in [0.2, 0.25) is 0 Å². The first-order valence-electron chi connectivity index (χ1n) is 6.77. The first-order chi connectivity index (χ1) is 10.0. The highest BCUT2D eigenvalue weighted by Gasteiger charge is 2.16. The fourth-order valence-electron chi connectivity index (χ4n) is 1.96. The van der Waals surface area contributed by atoms with Crippen LogP contribution in [-0.4, -0.2) is 15.5 Å². The molecule has 0 atom stereocenters. The van der Waals surface area contributed by atoms with Crippen LogP contribution in [0.4, 0.5) is 0 Å². The average molecular weight is 286 g/mol. The summed E-state index contributed by atoms with van der Waals surface area (Å²) in [4.78, 5) is 16.1. The highest BCUT2D eigenvalue weighted by atomic mass is 16.5. The molecule has 0 saturated carbocycles. The molecule has 0 aliphatic carbocycles. The van der Waals surface area contributed by atoms with Crippen molar-refractivity contribution in [2.75, 3.05) is 0 Å². The number of allylic oxidation sites excluding steroid dienone is 3. The van der Waals surface area contributed by atoms with Gasteiger partial charge in [-0.3, -0.25) is 0 Å². The van der Waals surface area contributed by atoms with Gasteiger partial charge in [0.25, 0.3) is 0 Å². The van der Waals surface area contributed by atoms with Gasteiger partial charge >= 0.3 is 5.97 Å². The molecular weight excluding hydrogens is 264 g/mol. The lowest BCUT2D eigenvalue weighted by Gasteiger charge is -2.09. The molecular formula is C17H22N2O2. The second kappa shape index (κ2) is 8.04. The molecule has 112 valence electrons. The summed E-state index contributed by atoms with van der Waals surface area (Å²) in [5, 5.41) is 0. The van der Waals surface area contributed by atoms with E-state index < -0.39 is 5.97 Å². The van der Waals surface area contributed by atoms with Crippen LogP contribution in [-0.2, 0) is 35.5 Å². The second-order valence-corrected chi connectivity index (χ2v) is 4.66. The van der Waals surface area contributed by atoms with Crippen molar-refractivity contribution >= 4 is 5.97 Å². The van der Waals surface area contributed by atoms with E-state index in [-0.39, 0.29) is 6.61 Å². The SMILES string of the molecule is C=CCc1nc(COC(=O)C(=C)C)c(CC=C)n1CC=C. The molecule has 4 nitrogen and oxygen atoms in total. The monoisotopic (exact) mass is 286 g/mol. The van der Waals surface area contributed by atoms with Gasteiger partial charge < -0.3 is 9.30 Å². The minimum Gasteiger partial charge on any atom is -0.456 e. The molecule has 1 heterocycles. The second-order valence-electron chi connectivity index (χ2n) is 4.66. The predicted octanol–water partition coefficient (Wildman–Crippen LogP) is 3.15. The van der Waals surface area contributed by atoms with Crippen LogP contribution in [0.5, 0.6) is 0 Å². The number of nitrogens with zero attached hydrogens (tertiary/aromatic N) is 2. The summed E-state index contributed by atoms with van der Waals surface area (Å²) < 4.78 is 7.26. The van der Waals surface area contributed by atoms with Gasteiger partial charge in [0, 0.05) is 30.7 Å². The van der Waals surface area contributed by atoms with E-state index in [1.54, 1.807) is 19.1 Å². The Kier molecular flexibility index (Phi) is 6.40. The summed E-state index contributed by atoms with van der Waals surface area (Å²) >= 11 is 0. The van der Waals surface area contributed by atoms with E-state index in [0.29, 0.717) is 25.0 Å². The number of aromatic nitrogens is 2. The number of esters is 1. The van der Waals surface area contributed by atoms with Crippen LogP contribution >= 0.6 is 0 Å². The number of carbonyl (C=O) groups is 1. The van der Waals surface area contributed by atoms with Crippen LogP contribution in [0.1, 0.15) is 24.1 Å². The van der Waals surface area contributed by atoms with Gasteiger partial charge in [-0.15, -0.1) is 19.7 Å². The Morgan fingerprint density at radius 1 is 1.24 bits per heavy atom. The smallest absolute Gasteiger partial charge is 0.333 e. The van der Waals surface area contributed by atoms with Crippen molar-refractivity contribution in [1.29, 1.82) is 0 Å². The maximum atomic E-state index is 11.5. The topological polar surface area (TPSA) is 44.1 Å². The lowest BCUT2D eigenvalue weighted by atomic mass is 10.2. The highest BCUT2D eigenvalue weighted by molar-refractivity contribution is 5.86. The van der Waals surface area contributed by atoms with E-state index in [9.17, 15) is 4.79 Å². The summed E-state index contributed by atoms with van der Waals surface area (Å²) in [7, 11) is 0. The molecule has 0 aliphatic heterocycles. The molecule has 0 radical (unpaired) electrons. The van der Waals surface area contributed by atoms with Gasteiger partial charge in [-0.1, -0.05) is 24.8 Å². The number of hydrogen-bond donors (Lipinski definition) is 0. The Balaban J connectivity index is 3.10. The highest BCUT2D eigenvalue weighted by Crippen LogP contribution is 2.16. The normalized spacial score (nSPS) is 9.95. The molecule has 1 aromatic rings. The van der Waals surface area contributed by atoms with Crippen molar-refractivity contribution in [3.63, 3.8) is 0 Å². The van der Waals surface area contributed by atoms with Crippen LogP contribution < -0.4 is 0 Å². The zero-order valence-corrected chi connectivity index (χ0v) is 12.6. The van der Waals surface area contributed by atoms with Crippen LogP contribution in [0, 0.1) is 0 Å². The van der Waals surface area contributed by atoms with E-state index in [4.69, 9.17) is 4.74 Å². The zero-order chi connectivity index (χ0) is 15.8. The lowest BCUT2D eigenvalue weighted by Crippen LogP contribution is -2.08. The van der Waals surface area contributed by atoms with Crippen molar-refractivity contribution < 1.29 is 9.53 Å². The minimum atomic E-state index is -0.414. The van der Waals surface area contributed by atoms with Gasteiger partial charge in [-0.05, 0) is 6.92 Å². The molecule has 0 aliphatic rings. The van der Waals surface area contributed by atoms with Crippen molar-refractivity contribution in [2.24, 2.45) is 0 Å². The van der Waals surface area contributed by atoms with Crippen LogP contribution in [0.25, 0.3) is 0 Å². The standard InChI is InChI=1S/C17H22N2O2/c1-6-9-15-14(12-21-17(20)13(4)5)18-16(10-7-2)19(15)11-8-3/h6-8H,1-4,9-12H2,5H3. The van der Waals surface area contributed by atoms with Gasteiger partial charge in [-0.2, -0.15) is 0 Å². The molecule has 0 aromatic carbocycles. The number of imidazole rings is 1. The van der Waals surface area contributed by atoms with Gasteiger partial charge in [0.1, 0.15) is 12.4 Å². The maximum Gasteiger partial charge on any atom is 0.333 e. The van der Waals surface area contributed by atoms with Crippen molar-refractivity contribution in [3.05, 3.63) is 67.3 Å². The van der Waals surface area contributed by atoms with Crippen molar-refractivity contribution in [1.82, 2.24) is 9.55 Å². The summed E-state index contributed by atoms with van der Waals surface area (Å²) in [6.07, 6.45) is 6.70. The van der Waals surface area contributed by atoms with E-state index >= 15 is 0 Å². The largest absolute Gasteiger partial charge is 0.456 e. The quantitative estimate of drug-likeness (QED) is 0.398. The summed E-state index contributed by atoms with van der Waals surface area (Å²) in [6.45, 7) is 17.2. The molecule has 0 spiro atoms.